The summed E-state index contributed by atoms with van der Waals surface area (Å²) in [6.45, 7) is 4.15. The summed E-state index contributed by atoms with van der Waals surface area (Å²) < 4.78 is 11.6. The highest BCUT2D eigenvalue weighted by atomic mass is 16.5. The van der Waals surface area contributed by atoms with E-state index in [0.717, 1.165) is 47.7 Å². The van der Waals surface area contributed by atoms with Gasteiger partial charge in [0.15, 0.2) is 17.3 Å². The molecule has 0 spiro atoms. The Hall–Kier alpha value is -2.75. The Morgan fingerprint density at radius 1 is 1.08 bits per heavy atom. The predicted octanol–water partition coefficient (Wildman–Crippen LogP) is 3.53. The average molecular weight is 335 g/mol. The fourth-order valence-corrected chi connectivity index (χ4v) is 3.20. The van der Waals surface area contributed by atoms with Crippen LogP contribution in [0.2, 0.25) is 0 Å². The van der Waals surface area contributed by atoms with Gasteiger partial charge < -0.3 is 14.8 Å². The fourth-order valence-electron chi connectivity index (χ4n) is 3.20. The van der Waals surface area contributed by atoms with Crippen molar-refractivity contribution in [1.82, 2.24) is 5.32 Å². The van der Waals surface area contributed by atoms with Gasteiger partial charge in [-0.25, -0.2) is 0 Å². The molecular weight excluding hydrogens is 314 g/mol. The van der Waals surface area contributed by atoms with Gasteiger partial charge in [-0.15, -0.1) is 0 Å². The van der Waals surface area contributed by atoms with E-state index < -0.39 is 0 Å². The van der Waals surface area contributed by atoms with Crippen molar-refractivity contribution in [2.75, 3.05) is 19.8 Å². The summed E-state index contributed by atoms with van der Waals surface area (Å²) in [7, 11) is 0. The van der Waals surface area contributed by atoms with Gasteiger partial charge in [-0.3, -0.25) is 4.79 Å². The number of hydrogen-bond donors (Lipinski definition) is 1. The molecule has 2 aliphatic rings. The Morgan fingerprint density at radius 2 is 1.80 bits per heavy atom. The van der Waals surface area contributed by atoms with Gasteiger partial charge >= 0.3 is 0 Å². The Labute approximate surface area is 147 Å². The topological polar surface area (TPSA) is 47.6 Å². The van der Waals surface area contributed by atoms with E-state index in [1.165, 1.54) is 5.56 Å². The summed E-state index contributed by atoms with van der Waals surface area (Å²) >= 11 is 0. The first-order valence-corrected chi connectivity index (χ1v) is 8.70. The molecule has 0 fully saturated rings. The zero-order valence-corrected chi connectivity index (χ0v) is 14.3. The van der Waals surface area contributed by atoms with Gasteiger partial charge in [-0.05, 0) is 31.0 Å². The van der Waals surface area contributed by atoms with Crippen LogP contribution in [0.5, 0.6) is 11.5 Å². The largest absolute Gasteiger partial charge is 0.490 e. The summed E-state index contributed by atoms with van der Waals surface area (Å²) in [5, 5.41) is 3.35. The van der Waals surface area contributed by atoms with Crippen molar-refractivity contribution in [2.45, 2.75) is 19.8 Å². The molecule has 0 saturated heterocycles. The SMILES string of the molecule is Cc1ccc(C(=O)C=C2NCCc3cc4c(cc32)OCCCO4)cc1. The number of rotatable bonds is 2. The van der Waals surface area contributed by atoms with Crippen LogP contribution in [-0.4, -0.2) is 25.5 Å². The van der Waals surface area contributed by atoms with E-state index in [9.17, 15) is 4.79 Å². The van der Waals surface area contributed by atoms with Crippen LogP contribution in [0, 0.1) is 6.92 Å². The lowest BCUT2D eigenvalue weighted by Gasteiger charge is -2.23. The number of ketones is 1. The lowest BCUT2D eigenvalue weighted by molar-refractivity contribution is 0.104. The molecule has 2 aliphatic heterocycles. The van der Waals surface area contributed by atoms with E-state index in [1.54, 1.807) is 6.08 Å². The van der Waals surface area contributed by atoms with Crippen LogP contribution in [0.15, 0.2) is 42.5 Å². The molecule has 0 radical (unpaired) electrons. The molecule has 0 aliphatic carbocycles. The highest BCUT2D eigenvalue weighted by molar-refractivity contribution is 6.08. The molecule has 4 heteroatoms. The van der Waals surface area contributed by atoms with Gasteiger partial charge in [0.05, 0.1) is 13.2 Å². The van der Waals surface area contributed by atoms with Gasteiger partial charge in [-0.1, -0.05) is 29.8 Å². The molecule has 1 N–H and O–H groups in total. The van der Waals surface area contributed by atoms with Gasteiger partial charge in [0, 0.05) is 35.9 Å². The van der Waals surface area contributed by atoms with Crippen molar-refractivity contribution < 1.29 is 14.3 Å². The van der Waals surface area contributed by atoms with Crippen molar-refractivity contribution in [3.63, 3.8) is 0 Å². The van der Waals surface area contributed by atoms with Crippen molar-refractivity contribution in [2.24, 2.45) is 0 Å². The van der Waals surface area contributed by atoms with Gasteiger partial charge in [0.2, 0.25) is 0 Å². The number of carbonyl (C=O) groups excluding carboxylic acids is 1. The normalized spacial score (nSPS) is 17.4. The minimum absolute atomic E-state index is 0.00228. The number of allylic oxidation sites excluding steroid dienone is 1. The van der Waals surface area contributed by atoms with Crippen LogP contribution in [0.1, 0.15) is 33.5 Å². The third-order valence-electron chi connectivity index (χ3n) is 4.58. The predicted molar refractivity (Wildman–Crippen MR) is 97.2 cm³/mol. The highest BCUT2D eigenvalue weighted by Crippen LogP contribution is 2.36. The number of ether oxygens (including phenoxy) is 2. The summed E-state index contributed by atoms with van der Waals surface area (Å²) in [5.41, 5.74) is 4.90. The molecule has 0 atom stereocenters. The monoisotopic (exact) mass is 335 g/mol. The Kier molecular flexibility index (Phi) is 4.18. The molecule has 0 unspecified atom stereocenters. The van der Waals surface area contributed by atoms with E-state index in [-0.39, 0.29) is 5.78 Å². The maximum atomic E-state index is 12.6. The molecule has 4 rings (SSSR count). The molecule has 0 aromatic heterocycles. The van der Waals surface area contributed by atoms with Crippen molar-refractivity contribution in [1.29, 1.82) is 0 Å². The van der Waals surface area contributed by atoms with Crippen molar-refractivity contribution >= 4 is 11.5 Å². The van der Waals surface area contributed by atoms with Crippen LogP contribution in [0.3, 0.4) is 0 Å². The summed E-state index contributed by atoms with van der Waals surface area (Å²) in [4.78, 5) is 12.6. The molecule has 2 aromatic carbocycles. The Bertz CT molecular complexity index is 837. The van der Waals surface area contributed by atoms with Gasteiger partial charge in [0.1, 0.15) is 0 Å². The second-order valence-corrected chi connectivity index (χ2v) is 6.47. The first-order chi connectivity index (χ1) is 12.2. The van der Waals surface area contributed by atoms with E-state index in [0.29, 0.717) is 18.8 Å². The van der Waals surface area contributed by atoms with E-state index in [2.05, 4.69) is 11.4 Å². The molecule has 2 aromatic rings. The molecule has 4 nitrogen and oxygen atoms in total. The maximum absolute atomic E-state index is 12.6. The maximum Gasteiger partial charge on any atom is 0.187 e. The van der Waals surface area contributed by atoms with E-state index in [4.69, 9.17) is 9.47 Å². The lowest BCUT2D eigenvalue weighted by atomic mass is 9.95. The van der Waals surface area contributed by atoms with Crippen LogP contribution in [0.25, 0.3) is 5.70 Å². The Morgan fingerprint density at radius 3 is 2.56 bits per heavy atom. The van der Waals surface area contributed by atoms with Crippen molar-refractivity contribution in [3.05, 3.63) is 64.7 Å². The van der Waals surface area contributed by atoms with Crippen molar-refractivity contribution in [3.8, 4) is 11.5 Å². The number of nitrogens with one attached hydrogen (secondary N) is 1. The van der Waals surface area contributed by atoms with E-state index in [1.807, 2.05) is 37.3 Å². The van der Waals surface area contributed by atoms with Crippen LogP contribution in [0.4, 0.5) is 0 Å². The summed E-state index contributed by atoms with van der Waals surface area (Å²) in [5.74, 6) is 1.57. The highest BCUT2D eigenvalue weighted by Gasteiger charge is 2.20. The van der Waals surface area contributed by atoms with Crippen LogP contribution < -0.4 is 14.8 Å². The lowest BCUT2D eigenvalue weighted by Crippen LogP contribution is -2.23. The number of aryl methyl sites for hydroxylation is 1. The number of fused-ring (bicyclic) bond motifs is 2. The summed E-state index contributed by atoms with van der Waals surface area (Å²) in [6.07, 6.45) is 3.47. The van der Waals surface area contributed by atoms with E-state index >= 15 is 0 Å². The molecular formula is C21H21NO3. The van der Waals surface area contributed by atoms with Gasteiger partial charge in [0.25, 0.3) is 0 Å². The zero-order valence-electron chi connectivity index (χ0n) is 14.3. The summed E-state index contributed by atoms with van der Waals surface area (Å²) in [6, 6.07) is 11.7. The molecule has 0 saturated carbocycles. The average Bonchev–Trinajstić information content (AvgIpc) is 2.85. The Balaban J connectivity index is 1.70. The second kappa shape index (κ2) is 6.63. The minimum Gasteiger partial charge on any atom is -0.490 e. The smallest absolute Gasteiger partial charge is 0.187 e. The van der Waals surface area contributed by atoms with Gasteiger partial charge in [-0.2, -0.15) is 0 Å². The molecule has 25 heavy (non-hydrogen) atoms. The number of benzene rings is 2. The quantitative estimate of drug-likeness (QED) is 0.674. The zero-order chi connectivity index (χ0) is 17.2. The third-order valence-corrected chi connectivity index (χ3v) is 4.58. The molecule has 0 amide bonds. The molecule has 0 bridgehead atoms. The minimum atomic E-state index is 0.00228. The first-order valence-electron chi connectivity index (χ1n) is 8.70. The van der Waals surface area contributed by atoms with Crippen LogP contribution in [-0.2, 0) is 6.42 Å². The number of hydrogen-bond acceptors (Lipinski definition) is 4. The first kappa shape index (κ1) is 15.8. The second-order valence-electron chi connectivity index (χ2n) is 6.47. The molecule has 128 valence electrons. The third kappa shape index (κ3) is 3.25. The van der Waals surface area contributed by atoms with Crippen LogP contribution >= 0.6 is 0 Å². The molecule has 2 heterocycles. The standard InChI is InChI=1S/C21H21NO3/c1-14-3-5-15(6-4-14)19(23)13-18-17-12-21-20(24-9-2-10-25-21)11-16(17)7-8-22-18/h3-6,11-13,22H,2,7-10H2,1H3. The number of carbonyl (C=O) groups is 1. The fraction of sp³-hybridized carbons (Fsp3) is 0.286.